The lowest BCUT2D eigenvalue weighted by Gasteiger charge is -2.16. The van der Waals surface area contributed by atoms with Gasteiger partial charge in [0.15, 0.2) is 0 Å². The standard InChI is InChI=1S/C25H22N2O5/c1-30-16-12-13-20(23(14-16)32-3)26-15-19-17-8-4-5-9-18(17)24(28)27(25(19)29)21-10-6-7-11-22(21)31-2/h4-15,29H,1-3H3. The topological polar surface area (TPSA) is 82.3 Å². The fourth-order valence-corrected chi connectivity index (χ4v) is 3.55. The Kier molecular flexibility index (Phi) is 5.81. The van der Waals surface area contributed by atoms with Gasteiger partial charge < -0.3 is 19.3 Å². The molecule has 1 heterocycles. The lowest BCUT2D eigenvalue weighted by Crippen LogP contribution is -2.20. The van der Waals surface area contributed by atoms with Crippen LogP contribution in [-0.4, -0.2) is 37.2 Å². The number of rotatable bonds is 6. The van der Waals surface area contributed by atoms with Crippen LogP contribution < -0.4 is 19.8 Å². The Morgan fingerprint density at radius 2 is 1.53 bits per heavy atom. The van der Waals surface area contributed by atoms with Crippen molar-refractivity contribution in [2.45, 2.75) is 0 Å². The number of methoxy groups -OCH3 is 3. The summed E-state index contributed by atoms with van der Waals surface area (Å²) in [5.41, 5.74) is 1.01. The van der Waals surface area contributed by atoms with Crippen LogP contribution in [0.3, 0.4) is 0 Å². The first kappa shape index (κ1) is 21.0. The summed E-state index contributed by atoms with van der Waals surface area (Å²) in [7, 11) is 4.63. The van der Waals surface area contributed by atoms with E-state index in [9.17, 15) is 9.90 Å². The third kappa shape index (κ3) is 3.65. The van der Waals surface area contributed by atoms with Gasteiger partial charge in [-0.15, -0.1) is 0 Å². The van der Waals surface area contributed by atoms with Gasteiger partial charge in [-0.1, -0.05) is 30.3 Å². The van der Waals surface area contributed by atoms with Crippen LogP contribution >= 0.6 is 0 Å². The number of ether oxygens (including phenoxy) is 3. The maximum Gasteiger partial charge on any atom is 0.265 e. The van der Waals surface area contributed by atoms with E-state index in [0.29, 0.717) is 45.0 Å². The summed E-state index contributed by atoms with van der Waals surface area (Å²) >= 11 is 0. The smallest absolute Gasteiger partial charge is 0.265 e. The van der Waals surface area contributed by atoms with Gasteiger partial charge in [-0.3, -0.25) is 9.79 Å². The molecule has 0 spiro atoms. The Morgan fingerprint density at radius 3 is 2.25 bits per heavy atom. The molecule has 32 heavy (non-hydrogen) atoms. The van der Waals surface area contributed by atoms with E-state index in [4.69, 9.17) is 14.2 Å². The number of benzene rings is 3. The quantitative estimate of drug-likeness (QED) is 0.456. The number of aromatic hydroxyl groups is 1. The Labute approximate surface area is 184 Å². The summed E-state index contributed by atoms with van der Waals surface area (Å²) < 4.78 is 17.3. The molecular weight excluding hydrogens is 408 g/mol. The number of hydrogen-bond donors (Lipinski definition) is 1. The number of aliphatic imine (C=N–C) groups is 1. The van der Waals surface area contributed by atoms with Gasteiger partial charge in [0.1, 0.15) is 22.9 Å². The van der Waals surface area contributed by atoms with Crippen molar-refractivity contribution in [2.24, 2.45) is 4.99 Å². The normalized spacial score (nSPS) is 11.1. The molecule has 3 aromatic carbocycles. The van der Waals surface area contributed by atoms with Crippen molar-refractivity contribution in [1.82, 2.24) is 4.57 Å². The molecule has 0 bridgehead atoms. The van der Waals surface area contributed by atoms with E-state index < -0.39 is 0 Å². The molecule has 1 N–H and O–H groups in total. The Morgan fingerprint density at radius 1 is 0.844 bits per heavy atom. The summed E-state index contributed by atoms with van der Waals surface area (Å²) in [5, 5.41) is 12.2. The first-order valence-electron chi connectivity index (χ1n) is 9.85. The lowest BCUT2D eigenvalue weighted by molar-refractivity contribution is 0.395. The van der Waals surface area contributed by atoms with Crippen LogP contribution in [-0.2, 0) is 0 Å². The molecule has 0 fully saturated rings. The van der Waals surface area contributed by atoms with Crippen molar-refractivity contribution in [3.05, 3.63) is 82.6 Å². The van der Waals surface area contributed by atoms with Crippen LogP contribution in [0.5, 0.6) is 23.1 Å². The molecule has 0 unspecified atom stereocenters. The average Bonchev–Trinajstić information content (AvgIpc) is 2.84. The maximum absolute atomic E-state index is 13.3. The summed E-state index contributed by atoms with van der Waals surface area (Å²) in [6.07, 6.45) is 1.52. The number of nitrogens with zero attached hydrogens (tertiary/aromatic N) is 2. The predicted octanol–water partition coefficient (Wildman–Crippen LogP) is 4.47. The minimum absolute atomic E-state index is 0.241. The van der Waals surface area contributed by atoms with Crippen LogP contribution in [0.4, 0.5) is 5.69 Å². The minimum Gasteiger partial charge on any atom is -0.497 e. The molecule has 7 nitrogen and oxygen atoms in total. The third-order valence-electron chi connectivity index (χ3n) is 5.15. The highest BCUT2D eigenvalue weighted by molar-refractivity contribution is 6.02. The van der Waals surface area contributed by atoms with Crippen LogP contribution in [0.15, 0.2) is 76.5 Å². The van der Waals surface area contributed by atoms with Crippen molar-refractivity contribution in [3.63, 3.8) is 0 Å². The molecule has 0 amide bonds. The summed E-state index contributed by atoms with van der Waals surface area (Å²) in [6.45, 7) is 0. The fraction of sp³-hybridized carbons (Fsp3) is 0.120. The molecule has 0 atom stereocenters. The molecule has 0 aliphatic carbocycles. The van der Waals surface area contributed by atoms with E-state index in [1.54, 1.807) is 80.9 Å². The SMILES string of the molecule is COc1ccc(N=Cc2c(O)n(-c3ccccc3OC)c(=O)c3ccccc23)c(OC)c1. The van der Waals surface area contributed by atoms with E-state index in [1.807, 2.05) is 0 Å². The van der Waals surface area contributed by atoms with Crippen molar-refractivity contribution in [2.75, 3.05) is 21.3 Å². The van der Waals surface area contributed by atoms with Gasteiger partial charge in [0.2, 0.25) is 5.88 Å². The molecule has 4 rings (SSSR count). The van der Waals surface area contributed by atoms with Crippen molar-refractivity contribution in [1.29, 1.82) is 0 Å². The highest BCUT2D eigenvalue weighted by Gasteiger charge is 2.18. The Hall–Kier alpha value is -4.26. The van der Waals surface area contributed by atoms with Gasteiger partial charge in [0.25, 0.3) is 5.56 Å². The van der Waals surface area contributed by atoms with Gasteiger partial charge in [-0.05, 0) is 30.3 Å². The molecule has 0 aliphatic heterocycles. The van der Waals surface area contributed by atoms with Crippen LogP contribution in [0.2, 0.25) is 0 Å². The average molecular weight is 430 g/mol. The van der Waals surface area contributed by atoms with E-state index in [-0.39, 0.29) is 11.4 Å². The molecule has 162 valence electrons. The van der Waals surface area contributed by atoms with Gasteiger partial charge in [0, 0.05) is 23.1 Å². The number of hydrogen-bond acceptors (Lipinski definition) is 6. The second-order valence-electron chi connectivity index (χ2n) is 6.89. The number of pyridine rings is 1. The third-order valence-corrected chi connectivity index (χ3v) is 5.15. The Balaban J connectivity index is 1.96. The molecule has 7 heteroatoms. The van der Waals surface area contributed by atoms with E-state index >= 15 is 0 Å². The summed E-state index contributed by atoms with van der Waals surface area (Å²) in [6, 6.07) is 19.3. The number of fused-ring (bicyclic) bond motifs is 1. The summed E-state index contributed by atoms with van der Waals surface area (Å²) in [5.74, 6) is 1.37. The molecule has 1 aromatic heterocycles. The van der Waals surface area contributed by atoms with Gasteiger partial charge in [-0.25, -0.2) is 4.57 Å². The summed E-state index contributed by atoms with van der Waals surface area (Å²) in [4.78, 5) is 17.8. The first-order valence-corrected chi connectivity index (χ1v) is 9.85. The second-order valence-corrected chi connectivity index (χ2v) is 6.89. The second kappa shape index (κ2) is 8.85. The molecule has 0 radical (unpaired) electrons. The van der Waals surface area contributed by atoms with Crippen molar-refractivity contribution in [3.8, 4) is 28.8 Å². The number of aromatic nitrogens is 1. The van der Waals surface area contributed by atoms with Crippen LogP contribution in [0.25, 0.3) is 16.5 Å². The highest BCUT2D eigenvalue weighted by Crippen LogP contribution is 2.33. The van der Waals surface area contributed by atoms with Crippen LogP contribution in [0, 0.1) is 0 Å². The largest absolute Gasteiger partial charge is 0.497 e. The van der Waals surface area contributed by atoms with Crippen LogP contribution in [0.1, 0.15) is 5.56 Å². The van der Waals surface area contributed by atoms with E-state index in [2.05, 4.69) is 4.99 Å². The van der Waals surface area contributed by atoms with Gasteiger partial charge in [-0.2, -0.15) is 0 Å². The molecular formula is C25H22N2O5. The highest BCUT2D eigenvalue weighted by atomic mass is 16.5. The van der Waals surface area contributed by atoms with E-state index in [0.717, 1.165) is 0 Å². The lowest BCUT2D eigenvalue weighted by atomic mass is 10.1. The molecule has 0 aliphatic rings. The zero-order valence-corrected chi connectivity index (χ0v) is 17.9. The number of para-hydroxylation sites is 2. The van der Waals surface area contributed by atoms with Gasteiger partial charge in [0.05, 0.1) is 32.6 Å². The predicted molar refractivity (Wildman–Crippen MR) is 125 cm³/mol. The van der Waals surface area contributed by atoms with Gasteiger partial charge >= 0.3 is 0 Å². The van der Waals surface area contributed by atoms with E-state index in [1.165, 1.54) is 17.9 Å². The monoisotopic (exact) mass is 430 g/mol. The molecule has 0 saturated carbocycles. The van der Waals surface area contributed by atoms with Crippen molar-refractivity contribution < 1.29 is 19.3 Å². The zero-order chi connectivity index (χ0) is 22.7. The fourth-order valence-electron chi connectivity index (χ4n) is 3.55. The minimum atomic E-state index is -0.359. The molecule has 0 saturated heterocycles. The molecule has 4 aromatic rings. The zero-order valence-electron chi connectivity index (χ0n) is 17.9. The maximum atomic E-state index is 13.3. The first-order chi connectivity index (χ1) is 15.6. The van der Waals surface area contributed by atoms with Crippen molar-refractivity contribution >= 4 is 22.7 Å². The Bertz CT molecular complexity index is 1370.